The summed E-state index contributed by atoms with van der Waals surface area (Å²) in [4.78, 5) is 26.8. The number of nitrogens with one attached hydrogen (secondary N) is 2. The first-order valence-corrected chi connectivity index (χ1v) is 6.94. The molecule has 0 bridgehead atoms. The van der Waals surface area contributed by atoms with Gasteiger partial charge >= 0.3 is 5.97 Å². The molecule has 0 fully saturated rings. The number of carbonyl (C=O) groups is 2. The van der Waals surface area contributed by atoms with Crippen molar-refractivity contribution in [3.63, 3.8) is 0 Å². The second-order valence-corrected chi connectivity index (χ2v) is 4.94. The SMILES string of the molecule is CCC(NCC(NC(C)=O)C(=O)OC)c1nccs1. The van der Waals surface area contributed by atoms with Gasteiger partial charge in [-0.05, 0) is 6.42 Å². The average molecular weight is 285 g/mol. The maximum absolute atomic E-state index is 11.5. The van der Waals surface area contributed by atoms with Gasteiger partial charge in [-0.1, -0.05) is 6.92 Å². The van der Waals surface area contributed by atoms with E-state index < -0.39 is 12.0 Å². The summed E-state index contributed by atoms with van der Waals surface area (Å²) in [6, 6.07) is -0.613. The fourth-order valence-corrected chi connectivity index (χ4v) is 2.45. The molecule has 0 radical (unpaired) electrons. The Morgan fingerprint density at radius 2 is 2.26 bits per heavy atom. The van der Waals surface area contributed by atoms with Crippen molar-refractivity contribution in [2.75, 3.05) is 13.7 Å². The number of nitrogens with zero attached hydrogens (tertiary/aromatic N) is 1. The molecule has 1 aromatic heterocycles. The molecule has 106 valence electrons. The van der Waals surface area contributed by atoms with E-state index in [0.717, 1.165) is 11.4 Å². The Balaban J connectivity index is 2.59. The first-order valence-electron chi connectivity index (χ1n) is 6.06. The number of ether oxygens (including phenoxy) is 1. The van der Waals surface area contributed by atoms with Crippen molar-refractivity contribution >= 4 is 23.2 Å². The van der Waals surface area contributed by atoms with Crippen LogP contribution in [-0.4, -0.2) is 36.6 Å². The summed E-state index contributed by atoms with van der Waals surface area (Å²) < 4.78 is 4.66. The van der Waals surface area contributed by atoms with Crippen molar-refractivity contribution in [1.82, 2.24) is 15.6 Å². The molecule has 0 saturated heterocycles. The molecule has 1 heterocycles. The standard InChI is InChI=1S/C12H19N3O3S/c1-4-9(11-13-5-6-19-11)14-7-10(12(17)18-3)15-8(2)16/h5-6,9-10,14H,4,7H2,1-3H3,(H,15,16). The van der Waals surface area contributed by atoms with Crippen LogP contribution in [0.2, 0.25) is 0 Å². The number of rotatable bonds is 7. The van der Waals surface area contributed by atoms with E-state index in [1.165, 1.54) is 14.0 Å². The Bertz CT molecular complexity index is 408. The summed E-state index contributed by atoms with van der Waals surface area (Å²) in [5.41, 5.74) is 0. The molecule has 6 nitrogen and oxygen atoms in total. The fourth-order valence-electron chi connectivity index (χ4n) is 1.65. The smallest absolute Gasteiger partial charge is 0.329 e. The normalized spacial score (nSPS) is 13.6. The minimum Gasteiger partial charge on any atom is -0.467 e. The Kier molecular flexibility index (Phi) is 6.44. The van der Waals surface area contributed by atoms with Crippen LogP contribution in [0.4, 0.5) is 0 Å². The molecule has 19 heavy (non-hydrogen) atoms. The number of hydrogen-bond donors (Lipinski definition) is 2. The third-order valence-corrected chi connectivity index (χ3v) is 3.48. The highest BCUT2D eigenvalue weighted by Crippen LogP contribution is 2.18. The minimum atomic E-state index is -0.684. The lowest BCUT2D eigenvalue weighted by Gasteiger charge is -2.20. The number of aromatic nitrogens is 1. The van der Waals surface area contributed by atoms with Gasteiger partial charge in [0.1, 0.15) is 11.0 Å². The quantitative estimate of drug-likeness (QED) is 0.726. The molecule has 7 heteroatoms. The molecule has 0 saturated carbocycles. The highest BCUT2D eigenvalue weighted by atomic mass is 32.1. The molecule has 0 aromatic carbocycles. The van der Waals surface area contributed by atoms with E-state index in [2.05, 4.69) is 20.4 Å². The zero-order chi connectivity index (χ0) is 14.3. The van der Waals surface area contributed by atoms with Crippen LogP contribution < -0.4 is 10.6 Å². The molecule has 1 amide bonds. The van der Waals surface area contributed by atoms with Crippen molar-refractivity contribution < 1.29 is 14.3 Å². The summed E-state index contributed by atoms with van der Waals surface area (Å²) in [6.45, 7) is 3.71. The van der Waals surface area contributed by atoms with Crippen LogP contribution in [0.1, 0.15) is 31.3 Å². The lowest BCUT2D eigenvalue weighted by atomic mass is 10.2. The van der Waals surface area contributed by atoms with Crippen molar-refractivity contribution in [2.45, 2.75) is 32.4 Å². The van der Waals surface area contributed by atoms with E-state index in [1.54, 1.807) is 17.5 Å². The van der Waals surface area contributed by atoms with Gasteiger partial charge in [0.05, 0.1) is 13.2 Å². The number of hydrogen-bond acceptors (Lipinski definition) is 6. The van der Waals surface area contributed by atoms with Gasteiger partial charge in [0.25, 0.3) is 0 Å². The molecular formula is C12H19N3O3S. The van der Waals surface area contributed by atoms with Crippen LogP contribution in [0, 0.1) is 0 Å². The lowest BCUT2D eigenvalue weighted by molar-refractivity contribution is -0.144. The van der Waals surface area contributed by atoms with Crippen molar-refractivity contribution in [3.05, 3.63) is 16.6 Å². The molecule has 2 unspecified atom stereocenters. The second-order valence-electron chi connectivity index (χ2n) is 4.02. The van der Waals surface area contributed by atoms with Crippen LogP contribution >= 0.6 is 11.3 Å². The van der Waals surface area contributed by atoms with E-state index in [-0.39, 0.29) is 11.9 Å². The molecule has 1 rings (SSSR count). The second kappa shape index (κ2) is 7.85. The van der Waals surface area contributed by atoms with Gasteiger partial charge in [-0.15, -0.1) is 11.3 Å². The van der Waals surface area contributed by atoms with Crippen molar-refractivity contribution in [2.24, 2.45) is 0 Å². The Morgan fingerprint density at radius 3 is 2.74 bits per heavy atom. The minimum absolute atomic E-state index is 0.0703. The van der Waals surface area contributed by atoms with E-state index in [4.69, 9.17) is 0 Å². The zero-order valence-corrected chi connectivity index (χ0v) is 12.1. The van der Waals surface area contributed by atoms with Gasteiger partial charge in [-0.2, -0.15) is 0 Å². The molecule has 0 aliphatic rings. The molecular weight excluding hydrogens is 266 g/mol. The van der Waals surface area contributed by atoms with E-state index in [1.807, 2.05) is 12.3 Å². The van der Waals surface area contributed by atoms with Crippen LogP contribution in [-0.2, 0) is 14.3 Å². The molecule has 2 N–H and O–H groups in total. The van der Waals surface area contributed by atoms with Crippen molar-refractivity contribution in [3.8, 4) is 0 Å². The Hall–Kier alpha value is -1.47. The predicted molar refractivity (Wildman–Crippen MR) is 72.8 cm³/mol. The summed E-state index contributed by atoms with van der Waals surface area (Å²) >= 11 is 1.56. The van der Waals surface area contributed by atoms with Gasteiger partial charge in [-0.25, -0.2) is 9.78 Å². The summed E-state index contributed by atoms with van der Waals surface area (Å²) in [5, 5.41) is 8.66. The van der Waals surface area contributed by atoms with Crippen LogP contribution in [0.15, 0.2) is 11.6 Å². The third kappa shape index (κ3) is 4.96. The van der Waals surface area contributed by atoms with E-state index in [0.29, 0.717) is 6.54 Å². The molecule has 2 atom stereocenters. The van der Waals surface area contributed by atoms with Gasteiger partial charge in [0.2, 0.25) is 5.91 Å². The van der Waals surface area contributed by atoms with E-state index in [9.17, 15) is 9.59 Å². The van der Waals surface area contributed by atoms with Crippen LogP contribution in [0.5, 0.6) is 0 Å². The number of methoxy groups -OCH3 is 1. The molecule has 0 aliphatic heterocycles. The van der Waals surface area contributed by atoms with Gasteiger partial charge < -0.3 is 15.4 Å². The van der Waals surface area contributed by atoms with Crippen LogP contribution in [0.25, 0.3) is 0 Å². The molecule has 1 aromatic rings. The largest absolute Gasteiger partial charge is 0.467 e. The predicted octanol–water partition coefficient (Wildman–Crippen LogP) is 0.862. The maximum Gasteiger partial charge on any atom is 0.329 e. The highest BCUT2D eigenvalue weighted by Gasteiger charge is 2.22. The summed E-state index contributed by atoms with van der Waals surface area (Å²) in [6.07, 6.45) is 2.59. The molecule has 0 aliphatic carbocycles. The number of amides is 1. The summed E-state index contributed by atoms with van der Waals surface area (Å²) in [5.74, 6) is -0.726. The first-order chi connectivity index (χ1) is 9.08. The summed E-state index contributed by atoms with van der Waals surface area (Å²) in [7, 11) is 1.30. The Morgan fingerprint density at radius 1 is 1.53 bits per heavy atom. The third-order valence-electron chi connectivity index (χ3n) is 2.59. The van der Waals surface area contributed by atoms with Gasteiger partial charge in [0, 0.05) is 25.0 Å². The first kappa shape index (κ1) is 15.6. The van der Waals surface area contributed by atoms with Crippen LogP contribution in [0.3, 0.4) is 0 Å². The number of thiazole rings is 1. The highest BCUT2D eigenvalue weighted by molar-refractivity contribution is 7.09. The Labute approximate surface area is 116 Å². The van der Waals surface area contributed by atoms with Crippen molar-refractivity contribution in [1.29, 1.82) is 0 Å². The monoisotopic (exact) mass is 285 g/mol. The topological polar surface area (TPSA) is 80.3 Å². The number of carbonyl (C=O) groups excluding carboxylic acids is 2. The molecule has 0 spiro atoms. The number of esters is 1. The van der Waals surface area contributed by atoms with E-state index >= 15 is 0 Å². The maximum atomic E-state index is 11.5. The fraction of sp³-hybridized carbons (Fsp3) is 0.583. The van der Waals surface area contributed by atoms with Gasteiger partial charge in [0.15, 0.2) is 0 Å². The average Bonchev–Trinajstić information content (AvgIpc) is 2.90. The van der Waals surface area contributed by atoms with Gasteiger partial charge in [-0.3, -0.25) is 4.79 Å². The zero-order valence-electron chi connectivity index (χ0n) is 11.3. The lowest BCUT2D eigenvalue weighted by Crippen LogP contribution is -2.47.